The third-order valence-corrected chi connectivity index (χ3v) is 2.73. The molecule has 1 aliphatic heterocycles. The molecule has 2 aromatic rings. The maximum Gasteiger partial charge on any atom is 0.211 e. The van der Waals surface area contributed by atoms with E-state index in [2.05, 4.69) is 0 Å². The quantitative estimate of drug-likeness (QED) is 0.639. The molecule has 0 saturated heterocycles. The molecule has 0 bridgehead atoms. The van der Waals surface area contributed by atoms with E-state index in [0.717, 1.165) is 11.5 Å². The fraction of sp³-hybridized carbons (Fsp3) is 0.231. The molecule has 0 spiro atoms. The van der Waals surface area contributed by atoms with Crippen molar-refractivity contribution in [2.24, 2.45) is 0 Å². The molecule has 2 heterocycles. The molecule has 3 rings (SSSR count). The maximum atomic E-state index is 5.77. The van der Waals surface area contributed by atoms with E-state index in [1.165, 1.54) is 0 Å². The van der Waals surface area contributed by atoms with E-state index in [0.29, 0.717) is 28.8 Å². The fourth-order valence-electron chi connectivity index (χ4n) is 1.88. The van der Waals surface area contributed by atoms with Crippen LogP contribution < -0.4 is 14.2 Å². The van der Waals surface area contributed by atoms with Gasteiger partial charge >= 0.3 is 0 Å². The van der Waals surface area contributed by atoms with Crippen LogP contribution in [0.15, 0.2) is 22.6 Å². The minimum Gasteiger partial charge on any atom is -0.497 e. The third kappa shape index (κ3) is 1.45. The van der Waals surface area contributed by atoms with Crippen molar-refractivity contribution in [3.05, 3.63) is 29.7 Å². The van der Waals surface area contributed by atoms with Crippen molar-refractivity contribution in [2.75, 3.05) is 7.11 Å². The molecule has 0 amide bonds. The Bertz CT molecular complexity index is 583. The summed E-state index contributed by atoms with van der Waals surface area (Å²) in [5.41, 5.74) is 0. The summed E-state index contributed by atoms with van der Waals surface area (Å²) in [6.07, 6.45) is 0. The molecule has 1 aromatic carbocycles. The van der Waals surface area contributed by atoms with Gasteiger partial charge in [-0.25, -0.2) is 0 Å². The summed E-state index contributed by atoms with van der Waals surface area (Å²) >= 11 is 0. The highest BCUT2D eigenvalue weighted by Crippen LogP contribution is 2.50. The molecule has 1 aromatic heterocycles. The molecule has 1 aliphatic rings. The zero-order chi connectivity index (χ0) is 12.0. The molecule has 17 heavy (non-hydrogen) atoms. The number of hydrogen-bond acceptors (Lipinski definition) is 4. The zero-order valence-electron chi connectivity index (χ0n) is 9.87. The number of benzene rings is 1. The van der Waals surface area contributed by atoms with Crippen molar-refractivity contribution >= 4 is 0 Å². The van der Waals surface area contributed by atoms with Crippen LogP contribution in [0.4, 0.5) is 0 Å². The molecule has 4 heteroatoms. The summed E-state index contributed by atoms with van der Waals surface area (Å²) in [6.45, 7) is 3.70. The van der Waals surface area contributed by atoms with Crippen molar-refractivity contribution in [3.63, 3.8) is 0 Å². The lowest BCUT2D eigenvalue weighted by atomic mass is 10.2. The molecular weight excluding hydrogens is 220 g/mol. The largest absolute Gasteiger partial charge is 0.497 e. The Labute approximate surface area is 98.7 Å². The number of rotatable bonds is 1. The second-order valence-electron chi connectivity index (χ2n) is 3.89. The third-order valence-electron chi connectivity index (χ3n) is 2.73. The molecule has 0 saturated carbocycles. The van der Waals surface area contributed by atoms with Gasteiger partial charge in [-0.1, -0.05) is 0 Å². The van der Waals surface area contributed by atoms with Gasteiger partial charge in [-0.3, -0.25) is 0 Å². The fourth-order valence-corrected chi connectivity index (χ4v) is 1.88. The summed E-state index contributed by atoms with van der Waals surface area (Å²) in [6, 6.07) is 5.44. The predicted molar refractivity (Wildman–Crippen MR) is 61.3 cm³/mol. The van der Waals surface area contributed by atoms with Crippen molar-refractivity contribution in [3.8, 4) is 28.7 Å². The maximum absolute atomic E-state index is 5.77. The van der Waals surface area contributed by atoms with Crippen molar-refractivity contribution in [1.82, 2.24) is 0 Å². The summed E-state index contributed by atoms with van der Waals surface area (Å²) in [4.78, 5) is 0. The molecule has 0 atom stereocenters. The van der Waals surface area contributed by atoms with Gasteiger partial charge < -0.3 is 18.6 Å². The zero-order valence-corrected chi connectivity index (χ0v) is 9.87. The first-order valence-electron chi connectivity index (χ1n) is 5.33. The minimum atomic E-state index is 0.640. The van der Waals surface area contributed by atoms with E-state index in [9.17, 15) is 0 Å². The molecule has 0 radical (unpaired) electrons. The average Bonchev–Trinajstić information content (AvgIpc) is 2.62. The van der Waals surface area contributed by atoms with Crippen LogP contribution in [0.5, 0.6) is 28.7 Å². The van der Waals surface area contributed by atoms with E-state index in [1.54, 1.807) is 13.2 Å². The van der Waals surface area contributed by atoms with Gasteiger partial charge in [0.15, 0.2) is 11.5 Å². The number of fused-ring (bicyclic) bond motifs is 2. The Hall–Kier alpha value is -2.10. The lowest BCUT2D eigenvalue weighted by molar-refractivity contribution is 0.353. The smallest absolute Gasteiger partial charge is 0.211 e. The lowest BCUT2D eigenvalue weighted by Crippen LogP contribution is -1.98. The molecular formula is C13H12O4. The summed E-state index contributed by atoms with van der Waals surface area (Å²) < 4.78 is 22.1. The van der Waals surface area contributed by atoms with Crippen LogP contribution in [-0.4, -0.2) is 7.11 Å². The summed E-state index contributed by atoms with van der Waals surface area (Å²) in [7, 11) is 1.62. The highest BCUT2D eigenvalue weighted by molar-refractivity contribution is 5.58. The van der Waals surface area contributed by atoms with Crippen molar-refractivity contribution < 1.29 is 18.6 Å². The Kier molecular flexibility index (Phi) is 2.04. The topological polar surface area (TPSA) is 40.8 Å². The van der Waals surface area contributed by atoms with Crippen LogP contribution in [0.1, 0.15) is 11.5 Å². The molecule has 0 aliphatic carbocycles. The Morgan fingerprint density at radius 2 is 1.59 bits per heavy atom. The highest BCUT2D eigenvalue weighted by atomic mass is 16.6. The SMILES string of the molecule is COc1ccc2c(c1)Oc1c(C)oc(C)c1O2. The average molecular weight is 232 g/mol. The second kappa shape index (κ2) is 3.45. The molecule has 4 nitrogen and oxygen atoms in total. The molecule has 0 unspecified atom stereocenters. The molecule has 0 fully saturated rings. The Balaban J connectivity index is 2.09. The number of furan rings is 1. The van der Waals surface area contributed by atoms with Gasteiger partial charge in [-0.15, -0.1) is 0 Å². The van der Waals surface area contributed by atoms with E-state index >= 15 is 0 Å². The number of aryl methyl sites for hydroxylation is 2. The molecule has 0 N–H and O–H groups in total. The van der Waals surface area contributed by atoms with Crippen molar-refractivity contribution in [2.45, 2.75) is 13.8 Å². The minimum absolute atomic E-state index is 0.640. The van der Waals surface area contributed by atoms with Crippen molar-refractivity contribution in [1.29, 1.82) is 0 Å². The highest BCUT2D eigenvalue weighted by Gasteiger charge is 2.26. The van der Waals surface area contributed by atoms with Crippen LogP contribution in [0.25, 0.3) is 0 Å². The van der Waals surface area contributed by atoms with Gasteiger partial charge in [-0.05, 0) is 26.0 Å². The normalized spacial score (nSPS) is 12.2. The number of hydrogen-bond donors (Lipinski definition) is 0. The van der Waals surface area contributed by atoms with Gasteiger partial charge in [0.1, 0.15) is 17.3 Å². The van der Waals surface area contributed by atoms with Gasteiger partial charge in [0.2, 0.25) is 11.5 Å². The van der Waals surface area contributed by atoms with Crippen LogP contribution >= 0.6 is 0 Å². The number of ether oxygens (including phenoxy) is 3. The predicted octanol–water partition coefficient (Wildman–Crippen LogP) is 3.80. The first-order chi connectivity index (χ1) is 8.19. The Morgan fingerprint density at radius 3 is 2.24 bits per heavy atom. The Morgan fingerprint density at radius 1 is 0.941 bits per heavy atom. The number of methoxy groups -OCH3 is 1. The van der Waals surface area contributed by atoms with Gasteiger partial charge in [0.25, 0.3) is 0 Å². The van der Waals surface area contributed by atoms with E-state index in [-0.39, 0.29) is 0 Å². The van der Waals surface area contributed by atoms with Gasteiger partial charge in [0.05, 0.1) is 7.11 Å². The van der Waals surface area contributed by atoms with Crippen LogP contribution in [-0.2, 0) is 0 Å². The first-order valence-corrected chi connectivity index (χ1v) is 5.33. The summed E-state index contributed by atoms with van der Waals surface area (Å²) in [5, 5.41) is 0. The summed E-state index contributed by atoms with van der Waals surface area (Å²) in [5.74, 6) is 4.77. The first kappa shape index (κ1) is 10.1. The molecule has 88 valence electrons. The van der Waals surface area contributed by atoms with Crippen LogP contribution in [0.2, 0.25) is 0 Å². The van der Waals surface area contributed by atoms with E-state index in [4.69, 9.17) is 18.6 Å². The van der Waals surface area contributed by atoms with E-state index in [1.807, 2.05) is 26.0 Å². The standard InChI is InChI=1S/C13H12O4/c1-7-12-13(8(2)15-7)17-11-6-9(14-3)4-5-10(11)16-12/h4-6H,1-3H3. The lowest BCUT2D eigenvalue weighted by Gasteiger charge is -2.18. The second-order valence-corrected chi connectivity index (χ2v) is 3.89. The van der Waals surface area contributed by atoms with Crippen LogP contribution in [0, 0.1) is 13.8 Å². The van der Waals surface area contributed by atoms with Gasteiger partial charge in [0, 0.05) is 6.07 Å². The van der Waals surface area contributed by atoms with E-state index < -0.39 is 0 Å². The van der Waals surface area contributed by atoms with Crippen LogP contribution in [0.3, 0.4) is 0 Å². The monoisotopic (exact) mass is 232 g/mol. The van der Waals surface area contributed by atoms with Gasteiger partial charge in [-0.2, -0.15) is 0 Å².